The van der Waals surface area contributed by atoms with E-state index in [9.17, 15) is 18.0 Å². The first-order valence-corrected chi connectivity index (χ1v) is 10.6. The summed E-state index contributed by atoms with van der Waals surface area (Å²) < 4.78 is 44.1. The van der Waals surface area contributed by atoms with E-state index >= 15 is 0 Å². The van der Waals surface area contributed by atoms with Crippen molar-refractivity contribution in [1.29, 1.82) is 0 Å². The number of hydrogen-bond donors (Lipinski definition) is 2. The molecule has 0 unspecified atom stereocenters. The van der Waals surface area contributed by atoms with E-state index in [1.165, 1.54) is 12.1 Å². The monoisotopic (exact) mass is 458 g/mol. The first-order valence-electron chi connectivity index (χ1n) is 10.6. The average Bonchev–Trinajstić information content (AvgIpc) is 3.49. The van der Waals surface area contributed by atoms with Gasteiger partial charge >= 0.3 is 12.3 Å². The van der Waals surface area contributed by atoms with E-state index in [0.29, 0.717) is 23.6 Å². The lowest BCUT2D eigenvalue weighted by atomic mass is 10.0. The summed E-state index contributed by atoms with van der Waals surface area (Å²) in [6, 6.07) is 12.3. The second kappa shape index (κ2) is 8.20. The van der Waals surface area contributed by atoms with Gasteiger partial charge in [0, 0.05) is 22.9 Å². The van der Waals surface area contributed by atoms with Crippen molar-refractivity contribution in [2.45, 2.75) is 50.9 Å². The van der Waals surface area contributed by atoms with Crippen LogP contribution in [0.4, 0.5) is 23.8 Å². The fourth-order valence-electron chi connectivity index (χ4n) is 3.53. The van der Waals surface area contributed by atoms with Gasteiger partial charge in [0.1, 0.15) is 11.3 Å². The Kier molecular flexibility index (Phi) is 5.67. The summed E-state index contributed by atoms with van der Waals surface area (Å²) in [5.74, 6) is 0.540. The van der Waals surface area contributed by atoms with Crippen LogP contribution in [0.2, 0.25) is 0 Å². The molecule has 0 atom stereocenters. The number of benzene rings is 2. The van der Waals surface area contributed by atoms with Gasteiger partial charge in [-0.2, -0.15) is 13.2 Å². The molecule has 2 aromatic carbocycles. The zero-order valence-corrected chi connectivity index (χ0v) is 18.6. The maximum absolute atomic E-state index is 12.9. The molecule has 9 heteroatoms. The number of amides is 1. The molecule has 174 valence electrons. The van der Waals surface area contributed by atoms with Crippen molar-refractivity contribution < 1.29 is 22.7 Å². The third-order valence-electron chi connectivity index (χ3n) is 5.39. The van der Waals surface area contributed by atoms with E-state index in [0.717, 1.165) is 35.7 Å². The molecular formula is C24H25F3N4O2. The molecular weight excluding hydrogens is 433 g/mol. The number of halogens is 3. The summed E-state index contributed by atoms with van der Waals surface area (Å²) >= 11 is 0. The summed E-state index contributed by atoms with van der Waals surface area (Å²) in [7, 11) is 0. The molecule has 1 saturated carbocycles. The number of alkyl carbamates (subject to hydrolysis) is 1. The second-order valence-electron chi connectivity index (χ2n) is 9.28. The summed E-state index contributed by atoms with van der Waals surface area (Å²) in [4.78, 5) is 12.2. The maximum atomic E-state index is 12.9. The Bertz CT molecular complexity index is 1170. The molecule has 0 saturated heterocycles. The van der Waals surface area contributed by atoms with Crippen LogP contribution in [0.5, 0.6) is 0 Å². The highest BCUT2D eigenvalue weighted by molar-refractivity contribution is 6.00. The number of fused-ring (bicyclic) bond motifs is 1. The van der Waals surface area contributed by atoms with Crippen molar-refractivity contribution in [1.82, 2.24) is 15.5 Å². The predicted molar refractivity (Wildman–Crippen MR) is 120 cm³/mol. The van der Waals surface area contributed by atoms with E-state index in [4.69, 9.17) is 4.74 Å². The van der Waals surface area contributed by atoms with Crippen LogP contribution >= 0.6 is 0 Å². The number of carbonyl (C=O) groups excluding carboxylic acids is 1. The Morgan fingerprint density at radius 2 is 1.64 bits per heavy atom. The van der Waals surface area contributed by atoms with Gasteiger partial charge in [-0.3, -0.25) is 0 Å². The minimum Gasteiger partial charge on any atom is -0.444 e. The summed E-state index contributed by atoms with van der Waals surface area (Å²) in [6.45, 7) is 5.88. The van der Waals surface area contributed by atoms with Gasteiger partial charge in [-0.25, -0.2) is 4.79 Å². The molecule has 0 bridgehead atoms. The van der Waals surface area contributed by atoms with Gasteiger partial charge in [0.15, 0.2) is 5.82 Å². The number of ether oxygens (including phenoxy) is 1. The van der Waals surface area contributed by atoms with E-state index in [-0.39, 0.29) is 0 Å². The summed E-state index contributed by atoms with van der Waals surface area (Å²) in [5, 5.41) is 16.3. The maximum Gasteiger partial charge on any atom is 0.416 e. The van der Waals surface area contributed by atoms with E-state index < -0.39 is 29.0 Å². The Balaban J connectivity index is 1.54. The third kappa shape index (κ3) is 5.35. The standard InChI is InChI=1S/C24H25F3N4O2/c1-22(2,3)33-21(32)29-23(12-13-23)14-28-20-18-7-5-4-6-17(18)19(30-31-20)15-8-10-16(11-9-15)24(25,26)27/h4-11H,12-14H2,1-3H3,(H,28,31)(H,29,32). The molecule has 2 N–H and O–H groups in total. The van der Waals surface area contributed by atoms with Gasteiger partial charge in [0.2, 0.25) is 0 Å². The number of alkyl halides is 3. The molecule has 1 heterocycles. The van der Waals surface area contributed by atoms with Crippen LogP contribution in [0.15, 0.2) is 48.5 Å². The second-order valence-corrected chi connectivity index (χ2v) is 9.28. The van der Waals surface area contributed by atoms with Crippen LogP contribution in [-0.4, -0.2) is 34.0 Å². The largest absolute Gasteiger partial charge is 0.444 e. The van der Waals surface area contributed by atoms with Crippen molar-refractivity contribution in [3.05, 3.63) is 54.1 Å². The quantitative estimate of drug-likeness (QED) is 0.507. The summed E-state index contributed by atoms with van der Waals surface area (Å²) in [5.41, 5.74) is -0.656. The van der Waals surface area contributed by atoms with Crippen LogP contribution in [0, 0.1) is 0 Å². The van der Waals surface area contributed by atoms with Gasteiger partial charge in [0.05, 0.1) is 11.1 Å². The van der Waals surface area contributed by atoms with Crippen LogP contribution < -0.4 is 10.6 Å². The van der Waals surface area contributed by atoms with Gasteiger partial charge < -0.3 is 15.4 Å². The lowest BCUT2D eigenvalue weighted by molar-refractivity contribution is -0.137. The molecule has 1 aliphatic carbocycles. The smallest absolute Gasteiger partial charge is 0.416 e. The van der Waals surface area contributed by atoms with Crippen molar-refractivity contribution in [3.8, 4) is 11.3 Å². The van der Waals surface area contributed by atoms with Gasteiger partial charge in [-0.15, -0.1) is 10.2 Å². The van der Waals surface area contributed by atoms with Crippen LogP contribution in [0.25, 0.3) is 22.0 Å². The Morgan fingerprint density at radius 3 is 2.21 bits per heavy atom. The molecule has 3 aromatic rings. The highest BCUT2D eigenvalue weighted by Crippen LogP contribution is 2.37. The minimum atomic E-state index is -4.40. The van der Waals surface area contributed by atoms with Crippen molar-refractivity contribution in [3.63, 3.8) is 0 Å². The first kappa shape index (κ1) is 22.8. The van der Waals surface area contributed by atoms with Gasteiger partial charge in [0.25, 0.3) is 0 Å². The fourth-order valence-corrected chi connectivity index (χ4v) is 3.53. The van der Waals surface area contributed by atoms with Crippen molar-refractivity contribution in [2.75, 3.05) is 11.9 Å². The van der Waals surface area contributed by atoms with E-state index in [2.05, 4.69) is 20.8 Å². The number of anilines is 1. The normalized spacial score (nSPS) is 15.2. The molecule has 33 heavy (non-hydrogen) atoms. The Morgan fingerprint density at radius 1 is 1.00 bits per heavy atom. The highest BCUT2D eigenvalue weighted by Gasteiger charge is 2.45. The van der Waals surface area contributed by atoms with Crippen LogP contribution in [0.1, 0.15) is 39.2 Å². The lowest BCUT2D eigenvalue weighted by Gasteiger charge is -2.24. The van der Waals surface area contributed by atoms with Crippen molar-refractivity contribution in [2.24, 2.45) is 0 Å². The molecule has 1 amide bonds. The van der Waals surface area contributed by atoms with E-state index in [1.54, 1.807) is 0 Å². The SMILES string of the molecule is CC(C)(C)OC(=O)NC1(CNc2nnc(-c3ccc(C(F)(F)F)cc3)c3ccccc23)CC1. The number of hydrogen-bond acceptors (Lipinski definition) is 5. The number of nitrogens with zero attached hydrogens (tertiary/aromatic N) is 2. The molecule has 0 aliphatic heterocycles. The zero-order chi connectivity index (χ0) is 23.9. The molecule has 1 aliphatic rings. The molecule has 0 radical (unpaired) electrons. The first-order chi connectivity index (χ1) is 15.5. The minimum absolute atomic E-state index is 0.406. The van der Waals surface area contributed by atoms with Crippen LogP contribution in [0.3, 0.4) is 0 Å². The fraction of sp³-hybridized carbons (Fsp3) is 0.375. The molecule has 0 spiro atoms. The number of aromatic nitrogens is 2. The topological polar surface area (TPSA) is 76.1 Å². The zero-order valence-electron chi connectivity index (χ0n) is 18.6. The Labute approximate surface area is 189 Å². The molecule has 1 aromatic heterocycles. The number of carbonyl (C=O) groups is 1. The summed E-state index contributed by atoms with van der Waals surface area (Å²) in [6.07, 6.45) is -3.23. The lowest BCUT2D eigenvalue weighted by Crippen LogP contribution is -2.44. The van der Waals surface area contributed by atoms with Gasteiger partial charge in [-0.05, 0) is 45.7 Å². The van der Waals surface area contributed by atoms with Crippen molar-refractivity contribution >= 4 is 22.7 Å². The van der Waals surface area contributed by atoms with Crippen LogP contribution in [-0.2, 0) is 10.9 Å². The van der Waals surface area contributed by atoms with E-state index in [1.807, 2.05) is 45.0 Å². The number of rotatable bonds is 5. The Hall–Kier alpha value is -3.36. The number of nitrogens with one attached hydrogen (secondary N) is 2. The molecule has 1 fully saturated rings. The predicted octanol–water partition coefficient (Wildman–Crippen LogP) is 5.78. The third-order valence-corrected chi connectivity index (χ3v) is 5.39. The highest BCUT2D eigenvalue weighted by atomic mass is 19.4. The molecule has 4 rings (SSSR count). The van der Waals surface area contributed by atoms with Gasteiger partial charge in [-0.1, -0.05) is 36.4 Å². The molecule has 6 nitrogen and oxygen atoms in total. The average molecular weight is 458 g/mol.